The van der Waals surface area contributed by atoms with E-state index in [1.54, 1.807) is 7.11 Å². The van der Waals surface area contributed by atoms with Gasteiger partial charge in [-0.05, 0) is 13.2 Å². The van der Waals surface area contributed by atoms with E-state index < -0.39 is 0 Å². The van der Waals surface area contributed by atoms with Crippen molar-refractivity contribution in [2.24, 2.45) is 0 Å². The van der Waals surface area contributed by atoms with E-state index in [0.717, 1.165) is 18.9 Å². The first-order valence-corrected chi connectivity index (χ1v) is 7.07. The smallest absolute Gasteiger partial charge is 0.0701 e. The molecule has 0 aliphatic heterocycles. The molecule has 0 saturated heterocycles. The van der Waals surface area contributed by atoms with E-state index in [1.807, 2.05) is 11.8 Å². The minimum Gasteiger partial charge on any atom is -0.382 e. The highest BCUT2D eigenvalue weighted by Crippen LogP contribution is 1.95. The first-order valence-electron chi connectivity index (χ1n) is 5.68. The fourth-order valence-electron chi connectivity index (χ4n) is 1.15. The van der Waals surface area contributed by atoms with Gasteiger partial charge in [-0.1, -0.05) is 0 Å². The van der Waals surface area contributed by atoms with Crippen molar-refractivity contribution >= 4 is 11.8 Å². The number of hydrogen-bond donors (Lipinski definition) is 1. The van der Waals surface area contributed by atoms with Crippen LogP contribution in [0.4, 0.5) is 0 Å². The second-order valence-electron chi connectivity index (χ2n) is 3.53. The lowest BCUT2D eigenvalue weighted by Crippen LogP contribution is -2.31. The summed E-state index contributed by atoms with van der Waals surface area (Å²) in [6, 6.07) is 0.552. The minimum absolute atomic E-state index is 0.552. The lowest BCUT2D eigenvalue weighted by atomic mass is 10.4. The molecular formula is C11H25NO3S. The van der Waals surface area contributed by atoms with Crippen molar-refractivity contribution < 1.29 is 14.2 Å². The van der Waals surface area contributed by atoms with Gasteiger partial charge in [-0.3, -0.25) is 0 Å². The van der Waals surface area contributed by atoms with Crippen LogP contribution in [0.1, 0.15) is 6.92 Å². The second kappa shape index (κ2) is 13.3. The van der Waals surface area contributed by atoms with Crippen molar-refractivity contribution in [3.63, 3.8) is 0 Å². The van der Waals surface area contributed by atoms with E-state index in [0.29, 0.717) is 32.5 Å². The van der Waals surface area contributed by atoms with Crippen LogP contribution in [0.5, 0.6) is 0 Å². The average Bonchev–Trinajstić information content (AvgIpc) is 2.27. The normalized spacial score (nSPS) is 12.9. The van der Waals surface area contributed by atoms with Crippen LogP contribution in [0.3, 0.4) is 0 Å². The molecule has 4 nitrogen and oxygen atoms in total. The SMILES string of the molecule is COCCOCCOCCNC(C)CSC. The number of hydrogen-bond acceptors (Lipinski definition) is 5. The van der Waals surface area contributed by atoms with Crippen LogP contribution in [-0.2, 0) is 14.2 Å². The van der Waals surface area contributed by atoms with Crippen molar-refractivity contribution in [2.75, 3.05) is 58.7 Å². The molecule has 0 aromatic rings. The number of thioether (sulfide) groups is 1. The molecule has 0 aromatic carbocycles. The topological polar surface area (TPSA) is 39.7 Å². The molecule has 0 bridgehead atoms. The van der Waals surface area contributed by atoms with Crippen molar-refractivity contribution in [2.45, 2.75) is 13.0 Å². The summed E-state index contributed by atoms with van der Waals surface area (Å²) >= 11 is 1.85. The van der Waals surface area contributed by atoms with Gasteiger partial charge in [0.1, 0.15) is 0 Å². The van der Waals surface area contributed by atoms with Gasteiger partial charge in [0, 0.05) is 25.4 Å². The lowest BCUT2D eigenvalue weighted by molar-refractivity contribution is 0.0254. The van der Waals surface area contributed by atoms with Crippen LogP contribution in [0.15, 0.2) is 0 Å². The van der Waals surface area contributed by atoms with E-state index in [9.17, 15) is 0 Å². The number of rotatable bonds is 12. The first kappa shape index (κ1) is 16.2. The molecule has 0 aliphatic carbocycles. The van der Waals surface area contributed by atoms with E-state index >= 15 is 0 Å². The van der Waals surface area contributed by atoms with Crippen molar-refractivity contribution in [3.8, 4) is 0 Å². The quantitative estimate of drug-likeness (QED) is 0.524. The van der Waals surface area contributed by atoms with E-state index in [1.165, 1.54) is 0 Å². The Bertz CT molecular complexity index is 138. The monoisotopic (exact) mass is 251 g/mol. The number of nitrogens with one attached hydrogen (secondary N) is 1. The molecule has 0 saturated carbocycles. The lowest BCUT2D eigenvalue weighted by Gasteiger charge is -2.12. The zero-order valence-electron chi connectivity index (χ0n) is 10.7. The predicted octanol–water partition coefficient (Wildman–Crippen LogP) is 1.01. The second-order valence-corrected chi connectivity index (χ2v) is 4.44. The predicted molar refractivity (Wildman–Crippen MR) is 69.4 cm³/mol. The molecule has 0 rings (SSSR count). The summed E-state index contributed by atoms with van der Waals surface area (Å²) < 4.78 is 15.5. The molecule has 1 atom stereocenters. The Kier molecular flexibility index (Phi) is 13.4. The zero-order chi connectivity index (χ0) is 12.1. The molecule has 1 unspecified atom stereocenters. The van der Waals surface area contributed by atoms with Crippen LogP contribution in [0.2, 0.25) is 0 Å². The van der Waals surface area contributed by atoms with Gasteiger partial charge in [-0.2, -0.15) is 11.8 Å². The third-order valence-corrected chi connectivity index (χ3v) is 2.79. The van der Waals surface area contributed by atoms with Crippen LogP contribution in [0, 0.1) is 0 Å². The van der Waals surface area contributed by atoms with Gasteiger partial charge in [-0.25, -0.2) is 0 Å². The molecule has 0 spiro atoms. The van der Waals surface area contributed by atoms with Gasteiger partial charge in [0.05, 0.1) is 33.0 Å². The maximum absolute atomic E-state index is 5.41. The third-order valence-electron chi connectivity index (χ3n) is 1.96. The third kappa shape index (κ3) is 12.3. The highest BCUT2D eigenvalue weighted by Gasteiger charge is 1.98. The largest absolute Gasteiger partial charge is 0.382 e. The summed E-state index contributed by atoms with van der Waals surface area (Å²) in [6.07, 6.45) is 2.12. The summed E-state index contributed by atoms with van der Waals surface area (Å²) in [5.41, 5.74) is 0. The minimum atomic E-state index is 0.552. The van der Waals surface area contributed by atoms with Gasteiger partial charge >= 0.3 is 0 Å². The van der Waals surface area contributed by atoms with Gasteiger partial charge < -0.3 is 19.5 Å². The molecule has 0 radical (unpaired) electrons. The summed E-state index contributed by atoms with van der Waals surface area (Å²) in [4.78, 5) is 0. The molecule has 0 amide bonds. The summed E-state index contributed by atoms with van der Waals surface area (Å²) in [7, 11) is 1.67. The Morgan fingerprint density at radius 3 is 2.31 bits per heavy atom. The van der Waals surface area contributed by atoms with Crippen LogP contribution in [0.25, 0.3) is 0 Å². The van der Waals surface area contributed by atoms with Gasteiger partial charge in [-0.15, -0.1) is 0 Å². The Hall–Kier alpha value is 0.190. The number of ether oxygens (including phenoxy) is 3. The molecule has 0 fully saturated rings. The number of methoxy groups -OCH3 is 1. The maximum atomic E-state index is 5.41. The van der Waals surface area contributed by atoms with E-state index in [4.69, 9.17) is 14.2 Å². The molecule has 98 valence electrons. The van der Waals surface area contributed by atoms with Crippen LogP contribution >= 0.6 is 11.8 Å². The molecule has 0 aliphatic rings. The fraction of sp³-hybridized carbons (Fsp3) is 1.00. The van der Waals surface area contributed by atoms with E-state index in [-0.39, 0.29) is 0 Å². The molecule has 1 N–H and O–H groups in total. The fourth-order valence-corrected chi connectivity index (χ4v) is 1.77. The van der Waals surface area contributed by atoms with Crippen molar-refractivity contribution in [3.05, 3.63) is 0 Å². The highest BCUT2D eigenvalue weighted by atomic mass is 32.2. The van der Waals surface area contributed by atoms with Gasteiger partial charge in [0.25, 0.3) is 0 Å². The Balaban J connectivity index is 2.98. The van der Waals surface area contributed by atoms with Crippen molar-refractivity contribution in [1.82, 2.24) is 5.32 Å². The summed E-state index contributed by atoms with van der Waals surface area (Å²) in [5.74, 6) is 1.14. The molecule has 0 aromatic heterocycles. The Morgan fingerprint density at radius 1 is 1.06 bits per heavy atom. The molecule has 0 heterocycles. The first-order chi connectivity index (χ1) is 7.81. The maximum Gasteiger partial charge on any atom is 0.0701 e. The van der Waals surface area contributed by atoms with Crippen LogP contribution in [-0.4, -0.2) is 64.7 Å². The molecular weight excluding hydrogens is 226 g/mol. The summed E-state index contributed by atoms with van der Waals surface area (Å²) in [6.45, 7) is 6.42. The van der Waals surface area contributed by atoms with Crippen molar-refractivity contribution in [1.29, 1.82) is 0 Å². The Labute approximate surface area is 103 Å². The molecule has 16 heavy (non-hydrogen) atoms. The summed E-state index contributed by atoms with van der Waals surface area (Å²) in [5, 5.41) is 3.39. The van der Waals surface area contributed by atoms with Crippen LogP contribution < -0.4 is 5.32 Å². The van der Waals surface area contributed by atoms with Gasteiger partial charge in [0.2, 0.25) is 0 Å². The average molecular weight is 251 g/mol. The van der Waals surface area contributed by atoms with Gasteiger partial charge in [0.15, 0.2) is 0 Å². The highest BCUT2D eigenvalue weighted by molar-refractivity contribution is 7.98. The zero-order valence-corrected chi connectivity index (χ0v) is 11.5. The molecule has 5 heteroatoms. The van der Waals surface area contributed by atoms with E-state index in [2.05, 4.69) is 18.5 Å². The standard InChI is InChI=1S/C11H25NO3S/c1-11(10-16-3)12-4-5-14-8-9-15-7-6-13-2/h11-12H,4-10H2,1-3H3. The Morgan fingerprint density at radius 2 is 1.69 bits per heavy atom.